The average Bonchev–Trinajstić information content (AvgIpc) is 2.72. The molecule has 0 atom stereocenters. The van der Waals surface area contributed by atoms with E-state index in [2.05, 4.69) is 55.4 Å². The molecule has 0 bridgehead atoms. The van der Waals surface area contributed by atoms with E-state index in [9.17, 15) is 0 Å². The highest BCUT2D eigenvalue weighted by Crippen LogP contribution is 2.23. The van der Waals surface area contributed by atoms with Gasteiger partial charge in [0, 0.05) is 6.54 Å². The zero-order valence-electron chi connectivity index (χ0n) is 12.3. The summed E-state index contributed by atoms with van der Waals surface area (Å²) >= 11 is 6.04. The van der Waals surface area contributed by atoms with E-state index in [0.717, 1.165) is 24.3 Å². The molecular formula is C16H23ClN2. The van der Waals surface area contributed by atoms with Gasteiger partial charge in [-0.3, -0.25) is 0 Å². The largest absolute Gasteiger partial charge is 0.327 e. The van der Waals surface area contributed by atoms with Crippen molar-refractivity contribution in [1.29, 1.82) is 0 Å². The van der Waals surface area contributed by atoms with Crippen LogP contribution in [0.2, 0.25) is 0 Å². The predicted octanol–water partition coefficient (Wildman–Crippen LogP) is 4.94. The normalized spacial score (nSPS) is 11.9. The number of nitrogens with zero attached hydrogens (tertiary/aromatic N) is 2. The van der Waals surface area contributed by atoms with Crippen LogP contribution in [-0.2, 0) is 12.4 Å². The van der Waals surface area contributed by atoms with E-state index in [1.54, 1.807) is 0 Å². The molecule has 2 nitrogen and oxygen atoms in total. The molecule has 0 saturated carbocycles. The summed E-state index contributed by atoms with van der Waals surface area (Å²) in [5, 5.41) is 0. The summed E-state index contributed by atoms with van der Waals surface area (Å²) in [6, 6.07) is 6.59. The molecule has 0 aliphatic rings. The number of fused-ring (bicyclic) bond motifs is 1. The van der Waals surface area contributed by atoms with Crippen LogP contribution in [-0.4, -0.2) is 9.55 Å². The van der Waals surface area contributed by atoms with Gasteiger partial charge in [-0.2, -0.15) is 0 Å². The summed E-state index contributed by atoms with van der Waals surface area (Å²) in [5.74, 6) is 2.68. The topological polar surface area (TPSA) is 17.8 Å². The Morgan fingerprint density at radius 3 is 2.53 bits per heavy atom. The second-order valence-electron chi connectivity index (χ2n) is 5.90. The number of imidazole rings is 1. The van der Waals surface area contributed by atoms with Crippen molar-refractivity contribution in [1.82, 2.24) is 9.55 Å². The molecule has 0 amide bonds. The first-order valence-corrected chi connectivity index (χ1v) is 7.61. The Labute approximate surface area is 120 Å². The molecule has 104 valence electrons. The van der Waals surface area contributed by atoms with E-state index in [1.165, 1.54) is 11.1 Å². The molecule has 1 heterocycles. The molecule has 2 rings (SSSR count). The van der Waals surface area contributed by atoms with Crippen molar-refractivity contribution in [3.05, 3.63) is 29.6 Å². The Morgan fingerprint density at radius 1 is 1.21 bits per heavy atom. The number of aryl methyl sites for hydroxylation is 1. The maximum Gasteiger partial charge on any atom is 0.124 e. The SMILES string of the molecule is CC(C)CCn1c(CCl)nc2cc(C(C)C)ccc21. The third-order valence-corrected chi connectivity index (χ3v) is 3.81. The third-order valence-electron chi connectivity index (χ3n) is 3.57. The number of rotatable bonds is 5. The summed E-state index contributed by atoms with van der Waals surface area (Å²) in [6.45, 7) is 9.91. The van der Waals surface area contributed by atoms with E-state index in [-0.39, 0.29) is 0 Å². The van der Waals surface area contributed by atoms with Crippen LogP contribution in [0.1, 0.15) is 51.4 Å². The summed E-state index contributed by atoms with van der Waals surface area (Å²) in [6.07, 6.45) is 1.15. The van der Waals surface area contributed by atoms with E-state index < -0.39 is 0 Å². The highest BCUT2D eigenvalue weighted by atomic mass is 35.5. The monoisotopic (exact) mass is 278 g/mol. The van der Waals surface area contributed by atoms with Gasteiger partial charge in [0.15, 0.2) is 0 Å². The van der Waals surface area contributed by atoms with Gasteiger partial charge in [0.2, 0.25) is 0 Å². The molecule has 1 aromatic heterocycles. The first kappa shape index (κ1) is 14.4. The number of benzene rings is 1. The molecule has 0 fully saturated rings. The minimum absolute atomic E-state index is 0.476. The van der Waals surface area contributed by atoms with E-state index >= 15 is 0 Å². The number of halogens is 1. The van der Waals surface area contributed by atoms with Crippen molar-refractivity contribution < 1.29 is 0 Å². The minimum Gasteiger partial charge on any atom is -0.327 e. The van der Waals surface area contributed by atoms with Crippen LogP contribution in [0.4, 0.5) is 0 Å². The van der Waals surface area contributed by atoms with Crippen molar-refractivity contribution in [2.45, 2.75) is 52.5 Å². The molecule has 0 saturated heterocycles. The lowest BCUT2D eigenvalue weighted by atomic mass is 10.0. The van der Waals surface area contributed by atoms with Crippen LogP contribution in [0.5, 0.6) is 0 Å². The van der Waals surface area contributed by atoms with Gasteiger partial charge in [-0.25, -0.2) is 4.98 Å². The Kier molecular flexibility index (Phi) is 4.51. The van der Waals surface area contributed by atoms with Crippen molar-refractivity contribution in [2.24, 2.45) is 5.92 Å². The van der Waals surface area contributed by atoms with Crippen LogP contribution in [0.15, 0.2) is 18.2 Å². The number of alkyl halides is 1. The Balaban J connectivity index is 2.43. The highest BCUT2D eigenvalue weighted by Gasteiger charge is 2.11. The average molecular weight is 279 g/mol. The number of hydrogen-bond donors (Lipinski definition) is 0. The smallest absolute Gasteiger partial charge is 0.124 e. The van der Waals surface area contributed by atoms with Gasteiger partial charge in [-0.15, -0.1) is 11.6 Å². The molecule has 0 spiro atoms. The Bertz CT molecular complexity index is 555. The van der Waals surface area contributed by atoms with Crippen molar-refractivity contribution in [3.8, 4) is 0 Å². The first-order valence-electron chi connectivity index (χ1n) is 7.08. The van der Waals surface area contributed by atoms with E-state index in [1.807, 2.05) is 0 Å². The quantitative estimate of drug-likeness (QED) is 0.708. The lowest BCUT2D eigenvalue weighted by Crippen LogP contribution is -2.05. The molecule has 0 aliphatic carbocycles. The number of aromatic nitrogens is 2. The molecule has 0 N–H and O–H groups in total. The van der Waals surface area contributed by atoms with Crippen molar-refractivity contribution >= 4 is 22.6 Å². The zero-order valence-corrected chi connectivity index (χ0v) is 13.0. The van der Waals surface area contributed by atoms with E-state index in [4.69, 9.17) is 11.6 Å². The fourth-order valence-corrected chi connectivity index (χ4v) is 2.50. The van der Waals surface area contributed by atoms with Crippen LogP contribution in [0.3, 0.4) is 0 Å². The van der Waals surface area contributed by atoms with Crippen LogP contribution < -0.4 is 0 Å². The van der Waals surface area contributed by atoms with Gasteiger partial charge in [-0.05, 0) is 36.0 Å². The fraction of sp³-hybridized carbons (Fsp3) is 0.562. The van der Waals surface area contributed by atoms with Crippen LogP contribution >= 0.6 is 11.6 Å². The lowest BCUT2D eigenvalue weighted by Gasteiger charge is -2.10. The summed E-state index contributed by atoms with van der Waals surface area (Å²) < 4.78 is 2.27. The Hall–Kier alpha value is -1.02. The van der Waals surface area contributed by atoms with Gasteiger partial charge >= 0.3 is 0 Å². The molecular weight excluding hydrogens is 256 g/mol. The van der Waals surface area contributed by atoms with Gasteiger partial charge in [0.25, 0.3) is 0 Å². The molecule has 1 aromatic carbocycles. The van der Waals surface area contributed by atoms with Gasteiger partial charge in [-0.1, -0.05) is 33.8 Å². The van der Waals surface area contributed by atoms with Gasteiger partial charge in [0.05, 0.1) is 16.9 Å². The van der Waals surface area contributed by atoms with Gasteiger partial charge in [0.1, 0.15) is 5.82 Å². The maximum absolute atomic E-state index is 6.04. The van der Waals surface area contributed by atoms with Crippen molar-refractivity contribution in [2.75, 3.05) is 0 Å². The zero-order chi connectivity index (χ0) is 14.0. The molecule has 3 heteroatoms. The third kappa shape index (κ3) is 3.11. The van der Waals surface area contributed by atoms with Crippen LogP contribution in [0.25, 0.3) is 11.0 Å². The van der Waals surface area contributed by atoms with E-state index in [0.29, 0.717) is 17.7 Å². The fourth-order valence-electron chi connectivity index (χ4n) is 2.29. The summed E-state index contributed by atoms with van der Waals surface area (Å²) in [7, 11) is 0. The molecule has 2 aromatic rings. The second kappa shape index (κ2) is 5.96. The maximum atomic E-state index is 6.04. The predicted molar refractivity (Wildman–Crippen MR) is 82.8 cm³/mol. The number of hydrogen-bond acceptors (Lipinski definition) is 1. The highest BCUT2D eigenvalue weighted by molar-refractivity contribution is 6.16. The second-order valence-corrected chi connectivity index (χ2v) is 6.17. The first-order chi connectivity index (χ1) is 9.02. The van der Waals surface area contributed by atoms with Crippen LogP contribution in [0, 0.1) is 5.92 Å². The molecule has 0 unspecified atom stereocenters. The standard InChI is InChI=1S/C16H23ClN2/c1-11(2)7-8-19-15-6-5-13(12(3)4)9-14(15)18-16(19)10-17/h5-6,9,11-12H,7-8,10H2,1-4H3. The summed E-state index contributed by atoms with van der Waals surface area (Å²) in [5.41, 5.74) is 3.62. The minimum atomic E-state index is 0.476. The van der Waals surface area contributed by atoms with Gasteiger partial charge < -0.3 is 4.57 Å². The lowest BCUT2D eigenvalue weighted by molar-refractivity contribution is 0.516. The summed E-state index contributed by atoms with van der Waals surface area (Å²) in [4.78, 5) is 4.68. The molecule has 19 heavy (non-hydrogen) atoms. The Morgan fingerprint density at radius 2 is 1.95 bits per heavy atom. The molecule has 0 radical (unpaired) electrons. The molecule has 0 aliphatic heterocycles. The van der Waals surface area contributed by atoms with Crippen molar-refractivity contribution in [3.63, 3.8) is 0 Å².